The van der Waals surface area contributed by atoms with Gasteiger partial charge in [-0.05, 0) is 30.7 Å². The van der Waals surface area contributed by atoms with E-state index in [4.69, 9.17) is 11.6 Å². The molecule has 1 aromatic heterocycles. The normalized spacial score (nSPS) is 18.4. The number of thioether (sulfide) groups is 1. The third-order valence-corrected chi connectivity index (χ3v) is 6.10. The van der Waals surface area contributed by atoms with Gasteiger partial charge in [0.25, 0.3) is 0 Å². The number of rotatable bonds is 3. The Balaban J connectivity index is 1.65. The Morgan fingerprint density at radius 2 is 1.93 bits per heavy atom. The second kappa shape index (κ2) is 7.84. The van der Waals surface area contributed by atoms with Gasteiger partial charge in [-0.3, -0.25) is 4.79 Å². The molecule has 6 nitrogen and oxygen atoms in total. The summed E-state index contributed by atoms with van der Waals surface area (Å²) in [5.74, 6) is 0.161. The van der Waals surface area contributed by atoms with Crippen molar-refractivity contribution in [2.45, 2.75) is 29.5 Å². The van der Waals surface area contributed by atoms with E-state index >= 15 is 0 Å². The lowest BCUT2D eigenvalue weighted by atomic mass is 10.0. The summed E-state index contributed by atoms with van der Waals surface area (Å²) >= 11 is 6.85. The van der Waals surface area contributed by atoms with Crippen LogP contribution in [0.1, 0.15) is 23.0 Å². The van der Waals surface area contributed by atoms with Crippen LogP contribution in [-0.2, 0) is 11.0 Å². The molecule has 0 saturated carbocycles. The summed E-state index contributed by atoms with van der Waals surface area (Å²) in [4.78, 5) is 13.1. The number of nitrogens with one attached hydrogen (secondary N) is 2. The van der Waals surface area contributed by atoms with Crippen LogP contribution in [-0.4, -0.2) is 26.0 Å². The second-order valence-corrected chi connectivity index (χ2v) is 8.12. The van der Waals surface area contributed by atoms with Crippen LogP contribution < -0.4 is 10.7 Å². The molecule has 156 valence electrons. The highest BCUT2D eigenvalue weighted by Crippen LogP contribution is 2.39. The third kappa shape index (κ3) is 3.97. The largest absolute Gasteiger partial charge is 0.417 e. The zero-order chi connectivity index (χ0) is 21.5. The highest BCUT2D eigenvalue weighted by atomic mass is 35.5. The molecule has 2 heterocycles. The van der Waals surface area contributed by atoms with Gasteiger partial charge in [0.2, 0.25) is 11.1 Å². The van der Waals surface area contributed by atoms with Crippen molar-refractivity contribution in [3.05, 3.63) is 70.5 Å². The average molecular weight is 454 g/mol. The SMILES string of the molecule is Cc1nnc2n1NC(c1ccccc1)C(C(=O)Nc1ccc(Cl)c(C(F)(F)F)c1)S2. The molecule has 2 unspecified atom stereocenters. The number of amides is 1. The molecule has 3 aromatic rings. The van der Waals surface area contributed by atoms with Crippen LogP contribution in [0.25, 0.3) is 0 Å². The summed E-state index contributed by atoms with van der Waals surface area (Å²) in [5, 5.41) is 9.99. The van der Waals surface area contributed by atoms with Crippen LogP contribution in [0, 0.1) is 6.92 Å². The minimum Gasteiger partial charge on any atom is -0.325 e. The molecular formula is C19H15ClF3N5OS. The van der Waals surface area contributed by atoms with Gasteiger partial charge in [-0.25, -0.2) is 4.68 Å². The first-order chi connectivity index (χ1) is 14.2. The zero-order valence-corrected chi connectivity index (χ0v) is 17.0. The topological polar surface area (TPSA) is 71.8 Å². The second-order valence-electron chi connectivity index (χ2n) is 6.60. The van der Waals surface area contributed by atoms with E-state index in [-0.39, 0.29) is 5.69 Å². The zero-order valence-electron chi connectivity index (χ0n) is 15.4. The van der Waals surface area contributed by atoms with Gasteiger partial charge in [0.15, 0.2) is 0 Å². The van der Waals surface area contributed by atoms with Crippen molar-refractivity contribution in [3.8, 4) is 0 Å². The molecule has 1 aliphatic heterocycles. The fourth-order valence-corrected chi connectivity index (χ4v) is 4.45. The predicted octanol–water partition coefficient (Wildman–Crippen LogP) is 4.66. The quantitative estimate of drug-likeness (QED) is 0.603. The number of anilines is 1. The third-order valence-electron chi connectivity index (χ3n) is 4.55. The highest BCUT2D eigenvalue weighted by Gasteiger charge is 2.38. The molecule has 0 saturated heterocycles. The van der Waals surface area contributed by atoms with Crippen LogP contribution in [0.15, 0.2) is 53.7 Å². The number of carbonyl (C=O) groups is 1. The van der Waals surface area contributed by atoms with Crippen LogP contribution in [0.4, 0.5) is 18.9 Å². The maximum atomic E-state index is 13.1. The lowest BCUT2D eigenvalue weighted by Gasteiger charge is -2.32. The molecular weight excluding hydrogens is 439 g/mol. The van der Waals surface area contributed by atoms with Crippen LogP contribution >= 0.6 is 23.4 Å². The highest BCUT2D eigenvalue weighted by molar-refractivity contribution is 8.00. The molecule has 11 heteroatoms. The van der Waals surface area contributed by atoms with Gasteiger partial charge < -0.3 is 10.7 Å². The van der Waals surface area contributed by atoms with Crippen LogP contribution in [0.5, 0.6) is 0 Å². The van der Waals surface area contributed by atoms with Crippen molar-refractivity contribution >= 4 is 35.0 Å². The molecule has 0 spiro atoms. The van der Waals surface area contributed by atoms with E-state index < -0.39 is 34.0 Å². The van der Waals surface area contributed by atoms with E-state index in [1.165, 1.54) is 17.8 Å². The first-order valence-corrected chi connectivity index (χ1v) is 10.1. The Morgan fingerprint density at radius 1 is 1.20 bits per heavy atom. The van der Waals surface area contributed by atoms with E-state index in [1.807, 2.05) is 30.3 Å². The van der Waals surface area contributed by atoms with Crippen molar-refractivity contribution in [2.24, 2.45) is 0 Å². The first kappa shape index (κ1) is 20.5. The molecule has 2 aromatic carbocycles. The van der Waals surface area contributed by atoms with Gasteiger partial charge in [-0.2, -0.15) is 13.2 Å². The van der Waals surface area contributed by atoms with Gasteiger partial charge >= 0.3 is 6.18 Å². The van der Waals surface area contributed by atoms with Gasteiger partial charge in [-0.15, -0.1) is 10.2 Å². The number of aryl methyl sites for hydroxylation is 1. The summed E-state index contributed by atoms with van der Waals surface area (Å²) in [6.07, 6.45) is -4.63. The minimum atomic E-state index is -4.63. The van der Waals surface area contributed by atoms with E-state index in [9.17, 15) is 18.0 Å². The van der Waals surface area contributed by atoms with Crippen molar-refractivity contribution in [3.63, 3.8) is 0 Å². The summed E-state index contributed by atoms with van der Waals surface area (Å²) in [6.45, 7) is 1.78. The number of alkyl halides is 3. The van der Waals surface area contributed by atoms with E-state index in [0.717, 1.165) is 17.7 Å². The fourth-order valence-electron chi connectivity index (χ4n) is 3.10. The number of hydrogen-bond donors (Lipinski definition) is 2. The number of hydrogen-bond acceptors (Lipinski definition) is 5. The smallest absolute Gasteiger partial charge is 0.325 e. The Labute approximate surface area is 178 Å². The number of fused-ring (bicyclic) bond motifs is 1. The van der Waals surface area contributed by atoms with Gasteiger partial charge in [0, 0.05) is 5.69 Å². The fraction of sp³-hybridized carbons (Fsp3) is 0.211. The van der Waals surface area contributed by atoms with E-state index in [0.29, 0.717) is 11.0 Å². The van der Waals surface area contributed by atoms with Crippen molar-refractivity contribution in [1.29, 1.82) is 0 Å². The Hall–Kier alpha value is -2.72. The molecule has 1 aliphatic rings. The molecule has 2 N–H and O–H groups in total. The number of halogens is 4. The maximum absolute atomic E-state index is 13.1. The van der Waals surface area contributed by atoms with Crippen LogP contribution in [0.3, 0.4) is 0 Å². The molecule has 1 amide bonds. The average Bonchev–Trinajstić information content (AvgIpc) is 3.08. The van der Waals surface area contributed by atoms with Crippen molar-refractivity contribution < 1.29 is 18.0 Å². The number of aromatic nitrogens is 3. The summed E-state index contributed by atoms with van der Waals surface area (Å²) in [6, 6.07) is 12.1. The Bertz CT molecular complexity index is 1090. The first-order valence-electron chi connectivity index (χ1n) is 8.82. The van der Waals surface area contributed by atoms with Crippen LogP contribution in [0.2, 0.25) is 5.02 Å². The molecule has 0 fully saturated rings. The standard InChI is InChI=1S/C19H15ClF3N5OS/c1-10-25-26-18-28(10)27-15(11-5-3-2-4-6-11)16(30-18)17(29)24-12-7-8-14(20)13(9-12)19(21,22)23/h2-9,15-16,27H,1H3,(H,24,29). The molecule has 2 atom stereocenters. The van der Waals surface area contributed by atoms with E-state index in [2.05, 4.69) is 20.9 Å². The lowest BCUT2D eigenvalue weighted by molar-refractivity contribution is -0.137. The molecule has 30 heavy (non-hydrogen) atoms. The molecule has 0 bridgehead atoms. The monoisotopic (exact) mass is 453 g/mol. The van der Waals surface area contributed by atoms with Crippen molar-refractivity contribution in [2.75, 3.05) is 10.7 Å². The van der Waals surface area contributed by atoms with E-state index in [1.54, 1.807) is 11.6 Å². The summed E-state index contributed by atoms with van der Waals surface area (Å²) < 4.78 is 41.1. The van der Waals surface area contributed by atoms with Gasteiger partial charge in [-0.1, -0.05) is 53.7 Å². The lowest BCUT2D eigenvalue weighted by Crippen LogP contribution is -2.41. The summed E-state index contributed by atoms with van der Waals surface area (Å²) in [7, 11) is 0. The Morgan fingerprint density at radius 3 is 2.63 bits per heavy atom. The molecule has 4 rings (SSSR count). The number of carbonyl (C=O) groups excluding carboxylic acids is 1. The number of nitrogens with zero attached hydrogens (tertiary/aromatic N) is 3. The molecule has 0 aliphatic carbocycles. The summed E-state index contributed by atoms with van der Waals surface area (Å²) in [5.41, 5.74) is 3.07. The van der Waals surface area contributed by atoms with Gasteiger partial charge in [0.1, 0.15) is 11.1 Å². The van der Waals surface area contributed by atoms with Crippen molar-refractivity contribution in [1.82, 2.24) is 14.9 Å². The minimum absolute atomic E-state index is 0.00681. The predicted molar refractivity (Wildman–Crippen MR) is 108 cm³/mol. The number of benzene rings is 2. The Kier molecular flexibility index (Phi) is 5.37. The maximum Gasteiger partial charge on any atom is 0.417 e. The molecule has 0 radical (unpaired) electrons. The van der Waals surface area contributed by atoms with Gasteiger partial charge in [0.05, 0.1) is 16.6 Å².